The van der Waals surface area contributed by atoms with Crippen LogP contribution in [0.5, 0.6) is 0 Å². The van der Waals surface area contributed by atoms with E-state index in [0.717, 1.165) is 12.3 Å². The van der Waals surface area contributed by atoms with Crippen LogP contribution in [-0.2, 0) is 4.79 Å². The molecule has 0 fully saturated rings. The Hall–Kier alpha value is -1.70. The number of nitrogens with one attached hydrogen (secondary N) is 1. The molecule has 0 saturated carbocycles. The lowest BCUT2D eigenvalue weighted by Gasteiger charge is -1.89. The van der Waals surface area contributed by atoms with Gasteiger partial charge in [0.05, 0.1) is 6.07 Å². The number of carbonyl (C=O) groups is 1. The smallest absolute Gasteiger partial charge is 0.299 e. The van der Waals surface area contributed by atoms with Crippen molar-refractivity contribution in [3.8, 4) is 6.07 Å². The second-order valence-corrected chi connectivity index (χ2v) is 1.67. The highest BCUT2D eigenvalue weighted by Gasteiger charge is 2.09. The molecule has 0 aromatic rings. The number of nitrogens with zero attached hydrogens (tertiary/aromatic N) is 1. The van der Waals surface area contributed by atoms with Gasteiger partial charge in [-0.05, 0) is 0 Å². The van der Waals surface area contributed by atoms with Crippen LogP contribution in [0.2, 0.25) is 0 Å². The van der Waals surface area contributed by atoms with E-state index in [-0.39, 0.29) is 0 Å². The van der Waals surface area contributed by atoms with Crippen LogP contribution in [0.15, 0.2) is 24.6 Å². The normalized spacial score (nSPS) is 10.8. The van der Waals surface area contributed by atoms with E-state index in [1.54, 1.807) is 6.07 Å². The lowest BCUT2D eigenvalue weighted by atomic mass is 10.4. The summed E-state index contributed by atoms with van der Waals surface area (Å²) in [6.45, 7) is 0. The summed E-state index contributed by atoms with van der Waals surface area (Å²) in [5, 5.41) is 10.3. The molecule has 0 amide bonds. The van der Waals surface area contributed by atoms with Gasteiger partial charge in [0.25, 0.3) is 6.43 Å². The highest BCUT2D eigenvalue weighted by Crippen LogP contribution is 1.93. The van der Waals surface area contributed by atoms with Crippen molar-refractivity contribution < 1.29 is 13.6 Å². The van der Waals surface area contributed by atoms with E-state index in [1.165, 1.54) is 6.20 Å². The molecule has 0 aromatic heterocycles. The number of allylic oxidation sites excluding steroid dienone is 2. The molecule has 0 rings (SSSR count). The number of nitriles is 1. The van der Waals surface area contributed by atoms with E-state index in [0.29, 0.717) is 6.08 Å². The SMILES string of the molecule is N#CC=CNC=CC(=O)C(F)F. The van der Waals surface area contributed by atoms with Crippen molar-refractivity contribution in [2.45, 2.75) is 6.43 Å². The summed E-state index contributed by atoms with van der Waals surface area (Å²) in [6, 6.07) is 1.67. The minimum Gasteiger partial charge on any atom is -0.367 e. The zero-order valence-electron chi connectivity index (χ0n) is 6.00. The van der Waals surface area contributed by atoms with Crippen LogP contribution in [0.4, 0.5) is 8.78 Å². The standard InChI is InChI=1S/C7H6F2N2O/c8-7(9)6(12)2-5-11-4-1-3-10/h1-2,4-5,7,11H. The van der Waals surface area contributed by atoms with Crippen LogP contribution >= 0.6 is 0 Å². The second kappa shape index (κ2) is 6.04. The molecule has 1 N–H and O–H groups in total. The Morgan fingerprint density at radius 2 is 2.17 bits per heavy atom. The highest BCUT2D eigenvalue weighted by atomic mass is 19.3. The van der Waals surface area contributed by atoms with Crippen LogP contribution in [0.25, 0.3) is 0 Å². The molecule has 0 aliphatic carbocycles. The Morgan fingerprint density at radius 3 is 2.67 bits per heavy atom. The molecule has 0 aliphatic heterocycles. The molecule has 12 heavy (non-hydrogen) atoms. The lowest BCUT2D eigenvalue weighted by Crippen LogP contribution is -2.06. The van der Waals surface area contributed by atoms with E-state index in [1.807, 2.05) is 0 Å². The van der Waals surface area contributed by atoms with Crippen molar-refractivity contribution >= 4 is 5.78 Å². The fourth-order valence-corrected chi connectivity index (χ4v) is 0.344. The largest absolute Gasteiger partial charge is 0.367 e. The number of hydrogen-bond donors (Lipinski definition) is 1. The van der Waals surface area contributed by atoms with Crippen LogP contribution < -0.4 is 5.32 Å². The van der Waals surface area contributed by atoms with Gasteiger partial charge in [-0.3, -0.25) is 4.79 Å². The summed E-state index contributed by atoms with van der Waals surface area (Å²) in [4.78, 5) is 10.2. The van der Waals surface area contributed by atoms with Gasteiger partial charge in [-0.25, -0.2) is 8.78 Å². The molecule has 0 unspecified atom stereocenters. The molecule has 0 spiro atoms. The summed E-state index contributed by atoms with van der Waals surface area (Å²) in [5.74, 6) is -1.27. The molecule has 5 heteroatoms. The second-order valence-electron chi connectivity index (χ2n) is 1.67. The van der Waals surface area contributed by atoms with Crippen molar-refractivity contribution in [2.75, 3.05) is 0 Å². The first-order valence-corrected chi connectivity index (χ1v) is 2.97. The van der Waals surface area contributed by atoms with Crippen molar-refractivity contribution in [1.82, 2.24) is 5.32 Å². The Bertz CT molecular complexity index is 240. The van der Waals surface area contributed by atoms with E-state index >= 15 is 0 Å². The number of alkyl halides is 2. The van der Waals surface area contributed by atoms with Gasteiger partial charge in [0.1, 0.15) is 0 Å². The molecular formula is C7H6F2N2O. The summed E-state index contributed by atoms with van der Waals surface area (Å²) >= 11 is 0. The number of hydrogen-bond acceptors (Lipinski definition) is 3. The molecule has 0 aromatic carbocycles. The van der Waals surface area contributed by atoms with Crippen LogP contribution in [0.3, 0.4) is 0 Å². The van der Waals surface area contributed by atoms with Crippen LogP contribution in [0.1, 0.15) is 0 Å². The third kappa shape index (κ3) is 5.11. The average molecular weight is 172 g/mol. The maximum absolute atomic E-state index is 11.5. The molecule has 0 saturated heterocycles. The zero-order valence-corrected chi connectivity index (χ0v) is 6.00. The Balaban J connectivity index is 3.71. The topological polar surface area (TPSA) is 52.9 Å². The fraction of sp³-hybridized carbons (Fsp3) is 0.143. The fourth-order valence-electron chi connectivity index (χ4n) is 0.344. The maximum Gasteiger partial charge on any atom is 0.299 e. The minimum absolute atomic E-state index is 0.701. The van der Waals surface area contributed by atoms with E-state index in [4.69, 9.17) is 5.26 Å². The number of rotatable bonds is 4. The summed E-state index contributed by atoms with van der Waals surface area (Å²) < 4.78 is 23.0. The monoisotopic (exact) mass is 172 g/mol. The van der Waals surface area contributed by atoms with Gasteiger partial charge >= 0.3 is 0 Å². The first-order chi connectivity index (χ1) is 5.68. The van der Waals surface area contributed by atoms with Gasteiger partial charge in [-0.1, -0.05) is 0 Å². The van der Waals surface area contributed by atoms with Gasteiger partial charge in [-0.2, -0.15) is 5.26 Å². The lowest BCUT2D eigenvalue weighted by molar-refractivity contribution is -0.124. The Labute approximate surface area is 68.0 Å². The molecule has 64 valence electrons. The Morgan fingerprint density at radius 1 is 1.50 bits per heavy atom. The highest BCUT2D eigenvalue weighted by molar-refractivity contribution is 5.92. The average Bonchev–Trinajstić information content (AvgIpc) is 2.03. The number of ketones is 1. The predicted molar refractivity (Wildman–Crippen MR) is 38.0 cm³/mol. The quantitative estimate of drug-likeness (QED) is 0.507. The molecule has 0 atom stereocenters. The van der Waals surface area contributed by atoms with Crippen LogP contribution in [-0.4, -0.2) is 12.2 Å². The Kier molecular flexibility index (Phi) is 5.18. The van der Waals surface area contributed by atoms with Crippen molar-refractivity contribution in [2.24, 2.45) is 0 Å². The summed E-state index contributed by atoms with van der Waals surface area (Å²) in [6.07, 6.45) is 1.07. The van der Waals surface area contributed by atoms with Crippen molar-refractivity contribution in [3.63, 3.8) is 0 Å². The van der Waals surface area contributed by atoms with Gasteiger partial charge < -0.3 is 5.32 Å². The molecule has 0 radical (unpaired) electrons. The third-order valence-corrected chi connectivity index (χ3v) is 0.813. The van der Waals surface area contributed by atoms with Gasteiger partial charge in [0.2, 0.25) is 5.78 Å². The van der Waals surface area contributed by atoms with Crippen LogP contribution in [0, 0.1) is 11.3 Å². The molecule has 0 bridgehead atoms. The number of carbonyl (C=O) groups excluding carboxylic acids is 1. The molecule has 0 heterocycles. The zero-order chi connectivity index (χ0) is 9.40. The maximum atomic E-state index is 11.5. The van der Waals surface area contributed by atoms with Crippen molar-refractivity contribution in [1.29, 1.82) is 5.26 Å². The van der Waals surface area contributed by atoms with E-state index < -0.39 is 12.2 Å². The minimum atomic E-state index is -2.98. The number of halogens is 2. The summed E-state index contributed by atoms with van der Waals surface area (Å²) in [7, 11) is 0. The van der Waals surface area contributed by atoms with Gasteiger partial charge in [-0.15, -0.1) is 0 Å². The van der Waals surface area contributed by atoms with Crippen molar-refractivity contribution in [3.05, 3.63) is 24.6 Å². The summed E-state index contributed by atoms with van der Waals surface area (Å²) in [5.41, 5.74) is 0. The molecular weight excluding hydrogens is 166 g/mol. The van der Waals surface area contributed by atoms with Gasteiger partial charge in [0.15, 0.2) is 0 Å². The van der Waals surface area contributed by atoms with E-state index in [9.17, 15) is 13.6 Å². The molecule has 0 aliphatic rings. The first-order valence-electron chi connectivity index (χ1n) is 2.97. The van der Waals surface area contributed by atoms with E-state index in [2.05, 4.69) is 5.32 Å². The third-order valence-electron chi connectivity index (χ3n) is 0.813. The van der Waals surface area contributed by atoms with Gasteiger partial charge in [0, 0.05) is 24.6 Å². The first kappa shape index (κ1) is 10.3. The predicted octanol–water partition coefficient (Wildman–Crippen LogP) is 0.961. The molecule has 3 nitrogen and oxygen atoms in total.